The zero-order valence-electron chi connectivity index (χ0n) is 14.0. The van der Waals surface area contributed by atoms with Gasteiger partial charge >= 0.3 is 0 Å². The zero-order chi connectivity index (χ0) is 17.2. The number of fused-ring (bicyclic) bond motifs is 1. The molecule has 124 valence electrons. The largest absolute Gasteiger partial charge is 0.351 e. The summed E-state index contributed by atoms with van der Waals surface area (Å²) in [5.41, 5.74) is 3.93. The second kappa shape index (κ2) is 6.65. The maximum absolute atomic E-state index is 12.9. The van der Waals surface area contributed by atoms with Crippen LogP contribution in [-0.4, -0.2) is 17.8 Å². The number of thiazole rings is 1. The van der Waals surface area contributed by atoms with Crippen LogP contribution < -0.4 is 4.90 Å². The van der Waals surface area contributed by atoms with Crippen LogP contribution in [0.2, 0.25) is 0 Å². The molecule has 1 aliphatic rings. The van der Waals surface area contributed by atoms with Crippen molar-refractivity contribution in [2.24, 2.45) is 0 Å². The highest BCUT2D eigenvalue weighted by molar-refractivity contribution is 7.17. The SMILES string of the molecule is CN(/C=C1\CCc2nc(-c3ccccc3)sc2C1=O)c1ccccc1. The van der Waals surface area contributed by atoms with Gasteiger partial charge in [0.1, 0.15) is 5.01 Å². The molecule has 0 bridgehead atoms. The molecule has 0 atom stereocenters. The number of para-hydroxylation sites is 1. The third-order valence-corrected chi connectivity index (χ3v) is 5.51. The van der Waals surface area contributed by atoms with Crippen LogP contribution in [0.3, 0.4) is 0 Å². The summed E-state index contributed by atoms with van der Waals surface area (Å²) in [4.78, 5) is 20.4. The smallest absolute Gasteiger partial charge is 0.202 e. The quantitative estimate of drug-likeness (QED) is 0.629. The fourth-order valence-electron chi connectivity index (χ4n) is 3.01. The summed E-state index contributed by atoms with van der Waals surface area (Å²) in [6.07, 6.45) is 3.52. The normalized spacial score (nSPS) is 15.2. The van der Waals surface area contributed by atoms with Gasteiger partial charge in [-0.3, -0.25) is 4.79 Å². The van der Waals surface area contributed by atoms with Crippen molar-refractivity contribution in [3.05, 3.63) is 83.0 Å². The van der Waals surface area contributed by atoms with Gasteiger partial charge in [0.25, 0.3) is 0 Å². The van der Waals surface area contributed by atoms with Crippen molar-refractivity contribution in [2.75, 3.05) is 11.9 Å². The minimum atomic E-state index is 0.115. The van der Waals surface area contributed by atoms with E-state index in [2.05, 4.69) is 0 Å². The molecule has 0 saturated carbocycles. The maximum Gasteiger partial charge on any atom is 0.202 e. The highest BCUT2D eigenvalue weighted by Crippen LogP contribution is 2.34. The first-order chi connectivity index (χ1) is 12.2. The number of carbonyl (C=O) groups excluding carboxylic acids is 1. The number of allylic oxidation sites excluding steroid dienone is 1. The number of benzene rings is 2. The Hall–Kier alpha value is -2.72. The predicted molar refractivity (Wildman–Crippen MR) is 103 cm³/mol. The molecule has 2 aromatic carbocycles. The van der Waals surface area contributed by atoms with Crippen LogP contribution >= 0.6 is 11.3 Å². The predicted octanol–water partition coefficient (Wildman–Crippen LogP) is 4.96. The second-order valence-electron chi connectivity index (χ2n) is 6.09. The molecular weight excluding hydrogens is 328 g/mol. The number of anilines is 1. The van der Waals surface area contributed by atoms with Gasteiger partial charge in [0.2, 0.25) is 5.78 Å². The molecule has 1 aromatic heterocycles. The monoisotopic (exact) mass is 346 g/mol. The summed E-state index contributed by atoms with van der Waals surface area (Å²) in [7, 11) is 1.98. The van der Waals surface area contributed by atoms with Crippen molar-refractivity contribution in [3.63, 3.8) is 0 Å². The Balaban J connectivity index is 1.63. The van der Waals surface area contributed by atoms with E-state index in [9.17, 15) is 4.79 Å². The van der Waals surface area contributed by atoms with E-state index in [0.717, 1.165) is 45.2 Å². The summed E-state index contributed by atoms with van der Waals surface area (Å²) in [6.45, 7) is 0. The Morgan fingerprint density at radius 2 is 1.68 bits per heavy atom. The van der Waals surface area contributed by atoms with E-state index in [1.165, 1.54) is 11.3 Å². The lowest BCUT2D eigenvalue weighted by Gasteiger charge is -2.18. The second-order valence-corrected chi connectivity index (χ2v) is 7.09. The maximum atomic E-state index is 12.9. The average molecular weight is 346 g/mol. The summed E-state index contributed by atoms with van der Waals surface area (Å²) in [6, 6.07) is 20.1. The summed E-state index contributed by atoms with van der Waals surface area (Å²) in [5, 5.41) is 0.927. The van der Waals surface area contributed by atoms with E-state index in [1.54, 1.807) is 0 Å². The molecule has 3 aromatic rings. The first-order valence-electron chi connectivity index (χ1n) is 8.31. The van der Waals surface area contributed by atoms with Crippen molar-refractivity contribution in [2.45, 2.75) is 12.8 Å². The van der Waals surface area contributed by atoms with Gasteiger partial charge in [-0.15, -0.1) is 11.3 Å². The third-order valence-electron chi connectivity index (χ3n) is 4.36. The number of carbonyl (C=O) groups is 1. The first kappa shape index (κ1) is 15.8. The topological polar surface area (TPSA) is 33.2 Å². The van der Waals surface area contributed by atoms with Crippen molar-refractivity contribution < 1.29 is 4.79 Å². The minimum absolute atomic E-state index is 0.115. The van der Waals surface area contributed by atoms with Crippen LogP contribution in [0, 0.1) is 0 Å². The summed E-state index contributed by atoms with van der Waals surface area (Å²) < 4.78 is 0. The molecular formula is C21H18N2OS. The summed E-state index contributed by atoms with van der Waals surface area (Å²) in [5.74, 6) is 0.115. The van der Waals surface area contributed by atoms with Gasteiger partial charge in [0.05, 0.1) is 10.6 Å². The minimum Gasteiger partial charge on any atom is -0.351 e. The number of Topliss-reactive ketones (excluding diaryl/α,β-unsaturated/α-hetero) is 1. The van der Waals surface area contributed by atoms with Crippen molar-refractivity contribution in [1.29, 1.82) is 0 Å². The van der Waals surface area contributed by atoms with Crippen LogP contribution in [0.25, 0.3) is 10.6 Å². The fraction of sp³-hybridized carbons (Fsp3) is 0.143. The average Bonchev–Trinajstić information content (AvgIpc) is 3.11. The molecule has 0 saturated heterocycles. The Morgan fingerprint density at radius 1 is 1.00 bits per heavy atom. The van der Waals surface area contributed by atoms with Crippen LogP contribution in [0.5, 0.6) is 0 Å². The Morgan fingerprint density at radius 3 is 2.40 bits per heavy atom. The molecule has 0 amide bonds. The zero-order valence-corrected chi connectivity index (χ0v) is 14.8. The molecule has 3 nitrogen and oxygen atoms in total. The molecule has 4 rings (SSSR count). The van der Waals surface area contributed by atoms with E-state index in [4.69, 9.17) is 4.98 Å². The standard InChI is InChI=1S/C21H18N2OS/c1-23(17-10-6-3-7-11-17)14-16-12-13-18-20(19(16)24)25-21(22-18)15-8-4-2-5-9-15/h2-11,14H,12-13H2,1H3/b16-14+. The van der Waals surface area contributed by atoms with Crippen LogP contribution in [0.1, 0.15) is 21.8 Å². The fourth-order valence-corrected chi connectivity index (χ4v) is 4.10. The Kier molecular flexibility index (Phi) is 4.20. The Bertz CT molecular complexity index is 929. The van der Waals surface area contributed by atoms with E-state index in [0.29, 0.717) is 0 Å². The number of aromatic nitrogens is 1. The lowest BCUT2D eigenvalue weighted by molar-refractivity contribution is 0.102. The van der Waals surface area contributed by atoms with Crippen LogP contribution in [0.15, 0.2) is 72.4 Å². The number of aryl methyl sites for hydroxylation is 1. The summed E-state index contributed by atoms with van der Waals surface area (Å²) >= 11 is 1.50. The van der Waals surface area contributed by atoms with E-state index >= 15 is 0 Å². The molecule has 0 radical (unpaired) electrons. The van der Waals surface area contributed by atoms with Crippen molar-refractivity contribution in [1.82, 2.24) is 4.98 Å². The van der Waals surface area contributed by atoms with E-state index in [1.807, 2.05) is 78.8 Å². The van der Waals surface area contributed by atoms with E-state index < -0.39 is 0 Å². The van der Waals surface area contributed by atoms with E-state index in [-0.39, 0.29) is 5.78 Å². The molecule has 0 unspecified atom stereocenters. The third kappa shape index (κ3) is 3.13. The Labute approximate surface area is 151 Å². The highest BCUT2D eigenvalue weighted by Gasteiger charge is 2.27. The van der Waals surface area contributed by atoms with Gasteiger partial charge in [0.15, 0.2) is 0 Å². The van der Waals surface area contributed by atoms with Gasteiger partial charge in [-0.25, -0.2) is 4.98 Å². The molecule has 0 N–H and O–H groups in total. The lowest BCUT2D eigenvalue weighted by Crippen LogP contribution is -2.17. The van der Waals surface area contributed by atoms with Crippen LogP contribution in [0.4, 0.5) is 5.69 Å². The lowest BCUT2D eigenvalue weighted by atomic mass is 9.96. The van der Waals surface area contributed by atoms with Crippen LogP contribution in [-0.2, 0) is 6.42 Å². The van der Waals surface area contributed by atoms with Gasteiger partial charge in [-0.2, -0.15) is 0 Å². The van der Waals surface area contributed by atoms with Gasteiger partial charge < -0.3 is 4.90 Å². The number of rotatable bonds is 3. The highest BCUT2D eigenvalue weighted by atomic mass is 32.1. The van der Waals surface area contributed by atoms with Gasteiger partial charge in [0, 0.05) is 30.1 Å². The first-order valence-corrected chi connectivity index (χ1v) is 9.12. The molecule has 25 heavy (non-hydrogen) atoms. The molecule has 4 heteroatoms. The van der Waals surface area contributed by atoms with Crippen molar-refractivity contribution in [3.8, 4) is 10.6 Å². The van der Waals surface area contributed by atoms with Gasteiger partial charge in [-0.05, 0) is 25.0 Å². The molecule has 0 fully saturated rings. The van der Waals surface area contributed by atoms with Crippen molar-refractivity contribution >= 4 is 22.8 Å². The van der Waals surface area contributed by atoms with Gasteiger partial charge in [-0.1, -0.05) is 48.5 Å². The number of nitrogens with zero attached hydrogens (tertiary/aromatic N) is 2. The molecule has 1 aliphatic carbocycles. The number of hydrogen-bond donors (Lipinski definition) is 0. The number of ketones is 1. The number of hydrogen-bond acceptors (Lipinski definition) is 4. The molecule has 0 spiro atoms. The molecule has 0 aliphatic heterocycles. The molecule has 1 heterocycles.